The fourth-order valence-electron chi connectivity index (χ4n) is 4.05. The van der Waals surface area contributed by atoms with E-state index in [-0.39, 0.29) is 12.1 Å². The van der Waals surface area contributed by atoms with Gasteiger partial charge < -0.3 is 19.5 Å². The van der Waals surface area contributed by atoms with Crippen molar-refractivity contribution in [3.8, 4) is 10.7 Å². The van der Waals surface area contributed by atoms with Crippen molar-refractivity contribution in [3.63, 3.8) is 0 Å². The fourth-order valence-corrected chi connectivity index (χ4v) is 5.22. The van der Waals surface area contributed by atoms with Crippen molar-refractivity contribution >= 4 is 45.8 Å². The molecule has 3 aromatic rings. The molecule has 2 unspecified atom stereocenters. The summed E-state index contributed by atoms with van der Waals surface area (Å²) >= 11 is 13.6. The number of halogens is 1. The minimum Gasteiger partial charge on any atom is -0.376 e. The zero-order valence-electron chi connectivity index (χ0n) is 16.9. The predicted molar refractivity (Wildman–Crippen MR) is 126 cm³/mol. The van der Waals surface area contributed by atoms with E-state index < -0.39 is 0 Å². The summed E-state index contributed by atoms with van der Waals surface area (Å²) in [6, 6.07) is 11.4. The highest BCUT2D eigenvalue weighted by molar-refractivity contribution is 7.80. The summed E-state index contributed by atoms with van der Waals surface area (Å²) in [5, 5.41) is 11.0. The standard InChI is InChI=1S/C22H21ClN4O2S2/c1-13-18(21-25-20(26-29-21)17-8-4-10-31-17)19(14-5-2-6-15(23)11-14)24-22(30)27(13)12-16-7-3-9-28-16/h2,4-6,8,10-11,16,19H,3,7,9,12H2,1H3,(H,24,30). The average Bonchev–Trinajstić information content (AvgIpc) is 3.53. The summed E-state index contributed by atoms with van der Waals surface area (Å²) in [4.78, 5) is 7.76. The first-order valence-electron chi connectivity index (χ1n) is 10.1. The Morgan fingerprint density at radius 2 is 2.23 bits per heavy atom. The number of hydrogen-bond donors (Lipinski definition) is 1. The average molecular weight is 473 g/mol. The van der Waals surface area contributed by atoms with Gasteiger partial charge in [0.1, 0.15) is 0 Å². The number of allylic oxidation sites excluding steroid dienone is 1. The van der Waals surface area contributed by atoms with Gasteiger partial charge in [0.15, 0.2) is 5.11 Å². The van der Waals surface area contributed by atoms with Gasteiger partial charge >= 0.3 is 0 Å². The third-order valence-corrected chi connectivity index (χ3v) is 7.03. The van der Waals surface area contributed by atoms with Crippen LogP contribution in [0.5, 0.6) is 0 Å². The van der Waals surface area contributed by atoms with Gasteiger partial charge in [-0.3, -0.25) is 0 Å². The lowest BCUT2D eigenvalue weighted by atomic mass is 9.94. The Bertz CT molecular complexity index is 1120. The van der Waals surface area contributed by atoms with E-state index in [4.69, 9.17) is 38.1 Å². The zero-order valence-corrected chi connectivity index (χ0v) is 19.3. The van der Waals surface area contributed by atoms with Crippen LogP contribution in [0.15, 0.2) is 52.0 Å². The molecule has 0 spiro atoms. The van der Waals surface area contributed by atoms with Crippen LogP contribution in [-0.4, -0.2) is 39.4 Å². The molecule has 1 saturated heterocycles. The minimum atomic E-state index is -0.247. The Morgan fingerprint density at radius 3 is 2.97 bits per heavy atom. The van der Waals surface area contributed by atoms with Gasteiger partial charge in [-0.25, -0.2) is 0 Å². The van der Waals surface area contributed by atoms with Gasteiger partial charge in [0.05, 0.1) is 29.1 Å². The summed E-state index contributed by atoms with van der Waals surface area (Å²) < 4.78 is 11.6. The smallest absolute Gasteiger partial charge is 0.258 e. The molecular formula is C22H21ClN4O2S2. The molecule has 4 heterocycles. The van der Waals surface area contributed by atoms with Crippen molar-refractivity contribution in [3.05, 3.63) is 64.0 Å². The molecule has 1 aromatic carbocycles. The molecule has 2 aliphatic rings. The Kier molecular flexibility index (Phi) is 5.79. The lowest BCUT2D eigenvalue weighted by Gasteiger charge is -2.38. The van der Waals surface area contributed by atoms with Crippen LogP contribution in [0.2, 0.25) is 5.02 Å². The Morgan fingerprint density at radius 1 is 1.32 bits per heavy atom. The van der Waals surface area contributed by atoms with Gasteiger partial charge in [0, 0.05) is 17.3 Å². The van der Waals surface area contributed by atoms with Gasteiger partial charge in [-0.05, 0) is 61.1 Å². The van der Waals surface area contributed by atoms with Crippen molar-refractivity contribution in [1.82, 2.24) is 20.4 Å². The number of aromatic nitrogens is 2. The number of hydrogen-bond acceptors (Lipinski definition) is 6. The van der Waals surface area contributed by atoms with E-state index in [1.165, 1.54) is 0 Å². The molecule has 9 heteroatoms. The van der Waals surface area contributed by atoms with Gasteiger partial charge in [-0.1, -0.05) is 35.0 Å². The number of thiocarbonyl (C=S) groups is 1. The van der Waals surface area contributed by atoms with Crippen LogP contribution in [0.1, 0.15) is 37.3 Å². The molecule has 0 radical (unpaired) electrons. The maximum Gasteiger partial charge on any atom is 0.258 e. The molecule has 2 atom stereocenters. The normalized spacial score (nSPS) is 21.6. The van der Waals surface area contributed by atoms with Crippen molar-refractivity contribution < 1.29 is 9.26 Å². The topological polar surface area (TPSA) is 63.4 Å². The van der Waals surface area contributed by atoms with Crippen molar-refractivity contribution in [2.75, 3.05) is 13.2 Å². The largest absolute Gasteiger partial charge is 0.376 e. The maximum atomic E-state index is 6.29. The monoisotopic (exact) mass is 472 g/mol. The number of rotatable bonds is 5. The molecule has 1 fully saturated rings. The Hall–Kier alpha value is -2.26. The van der Waals surface area contributed by atoms with E-state index in [1.807, 2.05) is 48.7 Å². The lowest BCUT2D eigenvalue weighted by Crippen LogP contribution is -2.48. The first-order valence-corrected chi connectivity index (χ1v) is 11.8. The maximum absolute atomic E-state index is 6.29. The second kappa shape index (κ2) is 8.70. The summed E-state index contributed by atoms with van der Waals surface area (Å²) in [6.07, 6.45) is 2.26. The van der Waals surface area contributed by atoms with E-state index in [0.717, 1.165) is 41.2 Å². The number of nitrogens with zero attached hydrogens (tertiary/aromatic N) is 3. The fraction of sp³-hybridized carbons (Fsp3) is 0.318. The SMILES string of the molecule is CC1=C(c2nc(-c3cccs3)no2)C(c2cccc(Cl)c2)NC(=S)N1CC1CCCO1. The number of benzene rings is 1. The Balaban J connectivity index is 1.58. The molecule has 1 N–H and O–H groups in total. The first-order chi connectivity index (χ1) is 15.1. The van der Waals surface area contributed by atoms with Crippen molar-refractivity contribution in [1.29, 1.82) is 0 Å². The lowest BCUT2D eigenvalue weighted by molar-refractivity contribution is 0.0962. The van der Waals surface area contributed by atoms with Crippen LogP contribution in [0.4, 0.5) is 0 Å². The third-order valence-electron chi connectivity index (χ3n) is 5.59. The molecule has 31 heavy (non-hydrogen) atoms. The van der Waals surface area contributed by atoms with Gasteiger partial charge in [-0.2, -0.15) is 4.98 Å². The molecule has 6 nitrogen and oxygen atoms in total. The molecule has 2 aliphatic heterocycles. The summed E-state index contributed by atoms with van der Waals surface area (Å²) in [5.41, 5.74) is 2.85. The van der Waals surface area contributed by atoms with Gasteiger partial charge in [0.2, 0.25) is 5.82 Å². The predicted octanol–water partition coefficient (Wildman–Crippen LogP) is 5.29. The molecule has 2 aromatic heterocycles. The Labute approximate surface area is 194 Å². The van der Waals surface area contributed by atoms with Crippen LogP contribution in [-0.2, 0) is 4.74 Å². The zero-order chi connectivity index (χ0) is 21.4. The van der Waals surface area contributed by atoms with E-state index in [2.05, 4.69) is 15.4 Å². The number of nitrogens with one attached hydrogen (secondary N) is 1. The minimum absolute atomic E-state index is 0.156. The van der Waals surface area contributed by atoms with E-state index in [9.17, 15) is 0 Å². The van der Waals surface area contributed by atoms with Crippen LogP contribution >= 0.6 is 35.2 Å². The molecule has 160 valence electrons. The van der Waals surface area contributed by atoms with Crippen LogP contribution < -0.4 is 5.32 Å². The summed E-state index contributed by atoms with van der Waals surface area (Å²) in [5.74, 6) is 1.05. The summed E-state index contributed by atoms with van der Waals surface area (Å²) in [7, 11) is 0. The van der Waals surface area contributed by atoms with E-state index in [0.29, 0.717) is 28.4 Å². The summed E-state index contributed by atoms with van der Waals surface area (Å²) in [6.45, 7) is 3.53. The molecule has 0 saturated carbocycles. The van der Waals surface area contributed by atoms with Gasteiger partial charge in [-0.15, -0.1) is 11.3 Å². The molecule has 5 rings (SSSR count). The molecule has 0 amide bonds. The third kappa shape index (κ3) is 4.13. The first kappa shape index (κ1) is 20.6. The number of ether oxygens (including phenoxy) is 1. The van der Waals surface area contributed by atoms with Crippen LogP contribution in [0.25, 0.3) is 16.3 Å². The molecular weight excluding hydrogens is 452 g/mol. The second-order valence-electron chi connectivity index (χ2n) is 7.58. The highest BCUT2D eigenvalue weighted by Gasteiger charge is 2.35. The highest BCUT2D eigenvalue weighted by Crippen LogP contribution is 2.38. The highest BCUT2D eigenvalue weighted by atomic mass is 35.5. The van der Waals surface area contributed by atoms with E-state index >= 15 is 0 Å². The molecule has 0 aliphatic carbocycles. The van der Waals surface area contributed by atoms with Crippen molar-refractivity contribution in [2.45, 2.75) is 31.9 Å². The van der Waals surface area contributed by atoms with Crippen LogP contribution in [0.3, 0.4) is 0 Å². The van der Waals surface area contributed by atoms with E-state index in [1.54, 1.807) is 11.3 Å². The number of thiophene rings is 1. The molecule has 0 bridgehead atoms. The second-order valence-corrected chi connectivity index (χ2v) is 9.35. The van der Waals surface area contributed by atoms with Crippen LogP contribution in [0, 0.1) is 0 Å². The van der Waals surface area contributed by atoms with Crippen molar-refractivity contribution in [2.24, 2.45) is 0 Å². The van der Waals surface area contributed by atoms with Gasteiger partial charge in [0.25, 0.3) is 5.89 Å². The quantitative estimate of drug-likeness (QED) is 0.506.